The molecule has 3 fully saturated rings. The Bertz CT molecular complexity index is 888. The summed E-state index contributed by atoms with van der Waals surface area (Å²) in [5.41, 5.74) is 4.84. The van der Waals surface area contributed by atoms with Crippen molar-refractivity contribution in [1.29, 1.82) is 0 Å². The molecule has 1 amide bonds. The maximum Gasteiger partial charge on any atom is 0.410 e. The van der Waals surface area contributed by atoms with Crippen LogP contribution in [0.5, 0.6) is 0 Å². The maximum atomic E-state index is 12.9. The Labute approximate surface area is 160 Å². The summed E-state index contributed by atoms with van der Waals surface area (Å²) in [5, 5.41) is 0. The molecule has 3 heteroatoms. The molecule has 3 nitrogen and oxygen atoms in total. The predicted molar refractivity (Wildman–Crippen MR) is 105 cm³/mol. The van der Waals surface area contributed by atoms with E-state index in [0.717, 1.165) is 25.7 Å². The molecule has 2 saturated heterocycles. The summed E-state index contributed by atoms with van der Waals surface area (Å²) in [6.45, 7) is 1.02. The van der Waals surface area contributed by atoms with Crippen LogP contribution < -0.4 is 0 Å². The van der Waals surface area contributed by atoms with Gasteiger partial charge in [0.2, 0.25) is 0 Å². The number of rotatable bonds is 2. The summed E-state index contributed by atoms with van der Waals surface area (Å²) in [6.07, 6.45) is 9.63. The number of benzene rings is 2. The van der Waals surface area contributed by atoms with Crippen molar-refractivity contribution < 1.29 is 9.53 Å². The van der Waals surface area contributed by atoms with E-state index in [9.17, 15) is 4.79 Å². The molecule has 0 atom stereocenters. The minimum Gasteiger partial charge on any atom is -0.448 e. The van der Waals surface area contributed by atoms with Gasteiger partial charge in [-0.05, 0) is 47.9 Å². The van der Waals surface area contributed by atoms with Crippen LogP contribution in [0.1, 0.15) is 42.7 Å². The first-order valence-electron chi connectivity index (χ1n) is 9.80. The zero-order valence-electron chi connectivity index (χ0n) is 15.4. The zero-order chi connectivity index (χ0) is 18.4. The monoisotopic (exact) mass is 357 g/mol. The fourth-order valence-corrected chi connectivity index (χ4v) is 5.16. The Morgan fingerprint density at radius 3 is 2.26 bits per heavy atom. The Kier molecular flexibility index (Phi) is 3.75. The van der Waals surface area contributed by atoms with Crippen LogP contribution in [-0.2, 0) is 4.74 Å². The molecular formula is C24H23NO2. The summed E-state index contributed by atoms with van der Waals surface area (Å²) in [4.78, 5) is 14.8. The summed E-state index contributed by atoms with van der Waals surface area (Å²) in [6, 6.07) is 17.1. The van der Waals surface area contributed by atoms with E-state index in [1.807, 2.05) is 4.90 Å². The Balaban J connectivity index is 1.35. The van der Waals surface area contributed by atoms with Gasteiger partial charge < -0.3 is 9.64 Å². The normalized spacial score (nSPS) is 25.6. The molecule has 0 radical (unpaired) electrons. The van der Waals surface area contributed by atoms with Crippen molar-refractivity contribution in [2.75, 3.05) is 13.2 Å². The van der Waals surface area contributed by atoms with Gasteiger partial charge in [-0.3, -0.25) is 0 Å². The zero-order valence-corrected chi connectivity index (χ0v) is 15.4. The van der Waals surface area contributed by atoms with Crippen LogP contribution in [0.3, 0.4) is 0 Å². The third-order valence-electron chi connectivity index (χ3n) is 6.70. The van der Waals surface area contributed by atoms with Crippen molar-refractivity contribution in [1.82, 2.24) is 4.90 Å². The smallest absolute Gasteiger partial charge is 0.410 e. The molecule has 6 rings (SSSR count). The number of hydrogen-bond acceptors (Lipinski definition) is 2. The topological polar surface area (TPSA) is 29.5 Å². The van der Waals surface area contributed by atoms with Gasteiger partial charge in [-0.2, -0.15) is 0 Å². The van der Waals surface area contributed by atoms with Gasteiger partial charge in [-0.15, -0.1) is 6.42 Å². The van der Waals surface area contributed by atoms with Crippen molar-refractivity contribution in [3.05, 3.63) is 59.7 Å². The van der Waals surface area contributed by atoms with E-state index in [1.165, 1.54) is 22.3 Å². The molecular weight excluding hydrogens is 334 g/mol. The lowest BCUT2D eigenvalue weighted by molar-refractivity contribution is 0.00546. The molecule has 4 aliphatic rings. The van der Waals surface area contributed by atoms with Crippen LogP contribution in [0.4, 0.5) is 4.79 Å². The van der Waals surface area contributed by atoms with Crippen LogP contribution in [0.25, 0.3) is 11.1 Å². The van der Waals surface area contributed by atoms with Crippen LogP contribution in [0.2, 0.25) is 0 Å². The predicted octanol–water partition coefficient (Wildman–Crippen LogP) is 4.81. The quantitative estimate of drug-likeness (QED) is 0.722. The number of ether oxygens (including phenoxy) is 1. The second-order valence-electron chi connectivity index (χ2n) is 8.09. The maximum absolute atomic E-state index is 12.9. The van der Waals surface area contributed by atoms with E-state index in [1.54, 1.807) is 0 Å². The molecule has 27 heavy (non-hydrogen) atoms. The molecule has 2 aliphatic heterocycles. The van der Waals surface area contributed by atoms with Gasteiger partial charge in [0.1, 0.15) is 6.61 Å². The van der Waals surface area contributed by atoms with E-state index in [0.29, 0.717) is 13.2 Å². The number of carbonyl (C=O) groups excluding carboxylic acids is 1. The van der Waals surface area contributed by atoms with Crippen LogP contribution in [0.15, 0.2) is 48.5 Å². The molecule has 0 aromatic heterocycles. The molecule has 0 N–H and O–H groups in total. The van der Waals surface area contributed by atoms with Gasteiger partial charge in [0, 0.05) is 23.9 Å². The van der Waals surface area contributed by atoms with Crippen molar-refractivity contribution in [2.24, 2.45) is 5.41 Å². The number of carbonyl (C=O) groups is 1. The van der Waals surface area contributed by atoms with Gasteiger partial charge in [-0.1, -0.05) is 54.5 Å². The van der Waals surface area contributed by atoms with Gasteiger partial charge in [0.05, 0.1) is 0 Å². The molecule has 136 valence electrons. The fourth-order valence-electron chi connectivity index (χ4n) is 5.16. The lowest BCUT2D eigenvalue weighted by Gasteiger charge is -2.49. The molecule has 2 aliphatic carbocycles. The van der Waals surface area contributed by atoms with Crippen molar-refractivity contribution >= 4 is 6.09 Å². The van der Waals surface area contributed by atoms with Gasteiger partial charge >= 0.3 is 6.09 Å². The highest BCUT2D eigenvalue weighted by molar-refractivity contribution is 5.79. The third-order valence-corrected chi connectivity index (χ3v) is 6.70. The number of hydrogen-bond donors (Lipinski definition) is 0. The number of amides is 1. The summed E-state index contributed by atoms with van der Waals surface area (Å²) >= 11 is 0. The highest BCUT2D eigenvalue weighted by Gasteiger charge is 2.46. The molecule has 2 aromatic rings. The summed E-state index contributed by atoms with van der Waals surface area (Å²) < 4.78 is 5.84. The average Bonchev–Trinajstić information content (AvgIpc) is 3.06. The first-order valence-corrected chi connectivity index (χ1v) is 9.80. The lowest BCUT2D eigenvalue weighted by Crippen LogP contribution is -2.55. The van der Waals surface area contributed by atoms with Crippen LogP contribution in [-0.4, -0.2) is 30.2 Å². The molecule has 2 bridgehead atoms. The van der Waals surface area contributed by atoms with Crippen LogP contribution >= 0.6 is 0 Å². The van der Waals surface area contributed by atoms with E-state index in [4.69, 9.17) is 11.2 Å². The molecule has 0 spiro atoms. The van der Waals surface area contributed by atoms with Crippen LogP contribution in [0, 0.1) is 17.8 Å². The second kappa shape index (κ2) is 6.16. The Morgan fingerprint density at radius 1 is 1.07 bits per heavy atom. The largest absolute Gasteiger partial charge is 0.448 e. The fraction of sp³-hybridized carbons (Fsp3) is 0.375. The number of nitrogens with zero attached hydrogens (tertiary/aromatic N) is 1. The molecule has 1 saturated carbocycles. The highest BCUT2D eigenvalue weighted by atomic mass is 16.6. The second-order valence-corrected chi connectivity index (χ2v) is 8.09. The summed E-state index contributed by atoms with van der Waals surface area (Å²) in [7, 11) is 0. The first kappa shape index (κ1) is 16.4. The van der Waals surface area contributed by atoms with Crippen molar-refractivity contribution in [2.45, 2.75) is 37.6 Å². The van der Waals surface area contributed by atoms with Gasteiger partial charge in [0.15, 0.2) is 0 Å². The molecule has 2 heterocycles. The molecule has 0 unspecified atom stereocenters. The van der Waals surface area contributed by atoms with E-state index in [2.05, 4.69) is 54.5 Å². The minimum atomic E-state index is -0.208. The standard InChI is InChI=1S/C24H23NO2/c1-2-24-13-11-17(12-14-24)25(16-24)23(26)27-15-22-20-9-5-3-7-18(20)19-8-4-6-10-21(19)22/h1,3-10,17,22H,11-16H2. The summed E-state index contributed by atoms with van der Waals surface area (Å²) in [5.74, 6) is 3.07. The Hall–Kier alpha value is -2.73. The Morgan fingerprint density at radius 2 is 1.67 bits per heavy atom. The van der Waals surface area contributed by atoms with E-state index in [-0.39, 0.29) is 23.5 Å². The average molecular weight is 357 g/mol. The van der Waals surface area contributed by atoms with Gasteiger partial charge in [0.25, 0.3) is 0 Å². The SMILES string of the molecule is C#CC12CCC(CC1)N(C(=O)OCC1c3ccccc3-c3ccccc31)C2. The number of terminal acetylenes is 1. The number of piperidine rings is 2. The minimum absolute atomic E-state index is 0.102. The van der Waals surface area contributed by atoms with E-state index < -0.39 is 0 Å². The highest BCUT2D eigenvalue weighted by Crippen LogP contribution is 2.46. The van der Waals surface area contributed by atoms with E-state index >= 15 is 0 Å². The van der Waals surface area contributed by atoms with Gasteiger partial charge in [-0.25, -0.2) is 4.79 Å². The first-order chi connectivity index (χ1) is 13.2. The van der Waals surface area contributed by atoms with Crippen molar-refractivity contribution in [3.63, 3.8) is 0 Å². The lowest BCUT2D eigenvalue weighted by atomic mass is 9.68. The molecule has 2 aromatic carbocycles. The van der Waals surface area contributed by atoms with Crippen molar-refractivity contribution in [3.8, 4) is 23.5 Å². The third kappa shape index (κ3) is 2.55. The number of fused-ring (bicyclic) bond motifs is 6.